The minimum absolute atomic E-state index is 0.0374. The number of anilines is 1. The van der Waals surface area contributed by atoms with Crippen LogP contribution in [-0.2, 0) is 4.79 Å². The summed E-state index contributed by atoms with van der Waals surface area (Å²) in [4.78, 5) is 22.6. The molecule has 1 aliphatic rings. The number of hydrogen-bond acceptors (Lipinski definition) is 5. The fourth-order valence-electron chi connectivity index (χ4n) is 2.94. The Bertz CT molecular complexity index is 926. The van der Waals surface area contributed by atoms with E-state index in [0.29, 0.717) is 29.7 Å². The van der Waals surface area contributed by atoms with Crippen molar-refractivity contribution in [3.63, 3.8) is 0 Å². The zero-order valence-corrected chi connectivity index (χ0v) is 14.3. The molecule has 126 valence electrons. The average Bonchev–Trinajstić information content (AvgIpc) is 3.25. The number of aromatic nitrogens is 3. The molecule has 3 heterocycles. The van der Waals surface area contributed by atoms with Crippen LogP contribution in [0.1, 0.15) is 23.8 Å². The highest BCUT2D eigenvalue weighted by atomic mass is 35.5. The largest absolute Gasteiger partial charge is 0.339 e. The highest BCUT2D eigenvalue weighted by molar-refractivity contribution is 6.31. The summed E-state index contributed by atoms with van der Waals surface area (Å²) in [5, 5.41) is 4.70. The number of amides is 1. The predicted molar refractivity (Wildman–Crippen MR) is 93.4 cm³/mol. The maximum Gasteiger partial charge on any atom is 0.232 e. The number of carbonyl (C=O) groups is 1. The van der Waals surface area contributed by atoms with E-state index in [0.717, 1.165) is 16.8 Å². The van der Waals surface area contributed by atoms with Crippen LogP contribution in [0.25, 0.3) is 11.4 Å². The van der Waals surface area contributed by atoms with E-state index in [1.165, 1.54) is 0 Å². The van der Waals surface area contributed by atoms with Gasteiger partial charge in [0.05, 0.1) is 5.92 Å². The van der Waals surface area contributed by atoms with Gasteiger partial charge in [0.2, 0.25) is 17.6 Å². The van der Waals surface area contributed by atoms with Crippen molar-refractivity contribution in [3.8, 4) is 11.4 Å². The SMILES string of the molecule is Cc1cc(N2CC(c3nc(-c4ccncc4)no3)CC2=O)ccc1Cl. The summed E-state index contributed by atoms with van der Waals surface area (Å²) in [5.41, 5.74) is 2.61. The molecule has 0 saturated carbocycles. The first-order valence-corrected chi connectivity index (χ1v) is 8.30. The molecule has 25 heavy (non-hydrogen) atoms. The second kappa shape index (κ2) is 6.29. The molecule has 4 rings (SSSR count). The number of nitrogens with zero attached hydrogens (tertiary/aromatic N) is 4. The van der Waals surface area contributed by atoms with E-state index in [4.69, 9.17) is 16.1 Å². The second-order valence-corrected chi connectivity index (χ2v) is 6.44. The molecule has 2 aromatic heterocycles. The molecular formula is C18H15ClN4O2. The molecule has 1 amide bonds. The van der Waals surface area contributed by atoms with Crippen LogP contribution in [0.3, 0.4) is 0 Å². The van der Waals surface area contributed by atoms with E-state index >= 15 is 0 Å². The number of halogens is 1. The van der Waals surface area contributed by atoms with Gasteiger partial charge >= 0.3 is 0 Å². The Kier molecular flexibility index (Phi) is 3.97. The molecule has 1 fully saturated rings. The minimum Gasteiger partial charge on any atom is -0.339 e. The van der Waals surface area contributed by atoms with Crippen molar-refractivity contribution in [2.75, 3.05) is 11.4 Å². The van der Waals surface area contributed by atoms with Crippen LogP contribution < -0.4 is 4.90 Å². The monoisotopic (exact) mass is 354 g/mol. The predicted octanol–water partition coefficient (Wildman–Crippen LogP) is 3.61. The summed E-state index contributed by atoms with van der Waals surface area (Å²) < 4.78 is 5.40. The number of carbonyl (C=O) groups excluding carboxylic acids is 1. The van der Waals surface area contributed by atoms with E-state index in [2.05, 4.69) is 15.1 Å². The van der Waals surface area contributed by atoms with Crippen LogP contribution >= 0.6 is 11.6 Å². The highest BCUT2D eigenvalue weighted by Crippen LogP contribution is 2.33. The lowest BCUT2D eigenvalue weighted by molar-refractivity contribution is -0.117. The van der Waals surface area contributed by atoms with E-state index in [1.807, 2.05) is 31.2 Å². The fourth-order valence-corrected chi connectivity index (χ4v) is 3.06. The number of benzene rings is 1. The summed E-state index contributed by atoms with van der Waals surface area (Å²) in [6.45, 7) is 2.43. The van der Waals surface area contributed by atoms with E-state index < -0.39 is 0 Å². The Morgan fingerprint density at radius 1 is 1.24 bits per heavy atom. The van der Waals surface area contributed by atoms with Gasteiger partial charge in [-0.3, -0.25) is 9.78 Å². The van der Waals surface area contributed by atoms with Crippen LogP contribution in [0, 0.1) is 6.92 Å². The molecule has 1 aromatic carbocycles. The van der Waals surface area contributed by atoms with Crippen molar-refractivity contribution in [1.29, 1.82) is 0 Å². The van der Waals surface area contributed by atoms with Crippen LogP contribution in [0.5, 0.6) is 0 Å². The normalized spacial score (nSPS) is 17.3. The third-order valence-electron chi connectivity index (χ3n) is 4.31. The number of pyridine rings is 1. The van der Waals surface area contributed by atoms with Crippen molar-refractivity contribution in [1.82, 2.24) is 15.1 Å². The van der Waals surface area contributed by atoms with Gasteiger partial charge in [-0.25, -0.2) is 0 Å². The molecule has 6 nitrogen and oxygen atoms in total. The molecule has 7 heteroatoms. The van der Waals surface area contributed by atoms with E-state index in [-0.39, 0.29) is 11.8 Å². The van der Waals surface area contributed by atoms with Crippen LogP contribution in [0.15, 0.2) is 47.2 Å². The summed E-state index contributed by atoms with van der Waals surface area (Å²) in [6, 6.07) is 9.21. The molecule has 1 unspecified atom stereocenters. The van der Waals surface area contributed by atoms with Gasteiger partial charge in [-0.1, -0.05) is 16.8 Å². The molecule has 0 aliphatic carbocycles. The summed E-state index contributed by atoms with van der Waals surface area (Å²) in [6.07, 6.45) is 3.70. The molecule has 0 bridgehead atoms. The standard InChI is InChI=1S/C18H15ClN4O2/c1-11-8-14(2-3-15(11)19)23-10-13(9-16(23)24)18-21-17(22-25-18)12-4-6-20-7-5-12/h2-8,13H,9-10H2,1H3. The van der Waals surface area contributed by atoms with Crippen LogP contribution in [0.2, 0.25) is 5.02 Å². The number of rotatable bonds is 3. The quantitative estimate of drug-likeness (QED) is 0.718. The molecule has 1 atom stereocenters. The fraction of sp³-hybridized carbons (Fsp3) is 0.222. The summed E-state index contributed by atoms with van der Waals surface area (Å²) >= 11 is 6.07. The maximum atomic E-state index is 12.4. The van der Waals surface area contributed by atoms with Gasteiger partial charge < -0.3 is 9.42 Å². The molecular weight excluding hydrogens is 340 g/mol. The zero-order valence-electron chi connectivity index (χ0n) is 13.5. The zero-order chi connectivity index (χ0) is 17.4. The van der Waals surface area contributed by atoms with E-state index in [1.54, 1.807) is 23.4 Å². The summed E-state index contributed by atoms with van der Waals surface area (Å²) in [7, 11) is 0. The first-order chi connectivity index (χ1) is 12.1. The molecule has 1 saturated heterocycles. The third-order valence-corrected chi connectivity index (χ3v) is 4.73. The Hall–Kier alpha value is -2.73. The third kappa shape index (κ3) is 3.00. The molecule has 1 aliphatic heterocycles. The Morgan fingerprint density at radius 2 is 2.04 bits per heavy atom. The van der Waals surface area contributed by atoms with Crippen molar-refractivity contribution < 1.29 is 9.32 Å². The molecule has 0 spiro atoms. The lowest BCUT2D eigenvalue weighted by Crippen LogP contribution is -2.24. The van der Waals surface area contributed by atoms with Crippen LogP contribution in [-0.4, -0.2) is 27.6 Å². The minimum atomic E-state index is -0.119. The Balaban J connectivity index is 1.56. The molecule has 0 radical (unpaired) electrons. The van der Waals surface area contributed by atoms with E-state index in [9.17, 15) is 4.79 Å². The van der Waals surface area contributed by atoms with Gasteiger partial charge in [0, 0.05) is 41.6 Å². The first kappa shape index (κ1) is 15.8. The van der Waals surface area contributed by atoms with Gasteiger partial charge in [-0.2, -0.15) is 4.98 Å². The first-order valence-electron chi connectivity index (χ1n) is 7.92. The number of aryl methyl sites for hydroxylation is 1. The second-order valence-electron chi connectivity index (χ2n) is 6.03. The molecule has 3 aromatic rings. The van der Waals surface area contributed by atoms with Gasteiger partial charge in [0.15, 0.2) is 0 Å². The number of hydrogen-bond donors (Lipinski definition) is 0. The molecule has 0 N–H and O–H groups in total. The smallest absolute Gasteiger partial charge is 0.232 e. The lowest BCUT2D eigenvalue weighted by atomic mass is 10.1. The van der Waals surface area contributed by atoms with Gasteiger partial charge in [-0.05, 0) is 42.8 Å². The van der Waals surface area contributed by atoms with Crippen LogP contribution in [0.4, 0.5) is 5.69 Å². The lowest BCUT2D eigenvalue weighted by Gasteiger charge is -2.17. The van der Waals surface area contributed by atoms with Crippen molar-refractivity contribution in [2.45, 2.75) is 19.3 Å². The van der Waals surface area contributed by atoms with Crippen molar-refractivity contribution in [2.24, 2.45) is 0 Å². The Labute approximate surface area is 149 Å². The average molecular weight is 355 g/mol. The van der Waals surface area contributed by atoms with Crippen molar-refractivity contribution in [3.05, 3.63) is 59.2 Å². The van der Waals surface area contributed by atoms with Gasteiger partial charge in [0.1, 0.15) is 0 Å². The topological polar surface area (TPSA) is 72.1 Å². The van der Waals surface area contributed by atoms with Crippen molar-refractivity contribution >= 4 is 23.2 Å². The summed E-state index contributed by atoms with van der Waals surface area (Å²) in [5.74, 6) is 0.904. The van der Waals surface area contributed by atoms with Gasteiger partial charge in [-0.15, -0.1) is 0 Å². The van der Waals surface area contributed by atoms with Gasteiger partial charge in [0.25, 0.3) is 0 Å². The Morgan fingerprint density at radius 3 is 2.80 bits per heavy atom. The maximum absolute atomic E-state index is 12.4. The highest BCUT2D eigenvalue weighted by Gasteiger charge is 2.35.